The van der Waals surface area contributed by atoms with E-state index in [0.29, 0.717) is 6.54 Å². The van der Waals surface area contributed by atoms with Gasteiger partial charge in [-0.15, -0.1) is 22.7 Å². The van der Waals surface area contributed by atoms with Gasteiger partial charge in [0, 0.05) is 27.9 Å². The number of nitrogens with two attached hydrogens (primary N) is 1. The van der Waals surface area contributed by atoms with Crippen LogP contribution in [0.2, 0.25) is 0 Å². The van der Waals surface area contributed by atoms with Crippen molar-refractivity contribution >= 4 is 54.0 Å². The van der Waals surface area contributed by atoms with E-state index in [1.807, 2.05) is 18.2 Å². The van der Waals surface area contributed by atoms with Crippen molar-refractivity contribution in [1.29, 1.82) is 0 Å². The summed E-state index contributed by atoms with van der Waals surface area (Å²) in [6, 6.07) is 10.3. The first-order chi connectivity index (χ1) is 13.1. The van der Waals surface area contributed by atoms with Gasteiger partial charge in [-0.1, -0.05) is 18.2 Å². The molecule has 142 valence electrons. The predicted octanol–water partition coefficient (Wildman–Crippen LogP) is 3.43. The first-order valence-electron chi connectivity index (χ1n) is 9.33. The molecule has 27 heavy (non-hydrogen) atoms. The number of nitrogens with zero attached hydrogens (tertiary/aromatic N) is 1. The number of likely N-dealkylation sites (tertiary alicyclic amines) is 1. The zero-order valence-electron chi connectivity index (χ0n) is 15.1. The summed E-state index contributed by atoms with van der Waals surface area (Å²) in [6.45, 7) is 3.28. The summed E-state index contributed by atoms with van der Waals surface area (Å²) >= 11 is 3.30. The van der Waals surface area contributed by atoms with Crippen LogP contribution in [0.5, 0.6) is 0 Å². The van der Waals surface area contributed by atoms with Crippen LogP contribution in [0.4, 0.5) is 0 Å². The van der Waals surface area contributed by atoms with Crippen molar-refractivity contribution in [3.05, 3.63) is 35.2 Å². The van der Waals surface area contributed by atoms with Crippen molar-refractivity contribution in [2.24, 2.45) is 11.7 Å². The van der Waals surface area contributed by atoms with Crippen LogP contribution in [0.25, 0.3) is 19.5 Å². The third-order valence-electron chi connectivity index (χ3n) is 5.12. The minimum Gasteiger partial charge on any atom is -0.369 e. The molecule has 3 aromatic rings. The molecule has 0 aliphatic carbocycles. The minimum atomic E-state index is -0.196. The summed E-state index contributed by atoms with van der Waals surface area (Å²) in [5.41, 5.74) is 5.43. The molecule has 1 unspecified atom stereocenters. The number of carbonyl (C=O) groups is 2. The number of piperidine rings is 1. The van der Waals surface area contributed by atoms with Gasteiger partial charge in [0.2, 0.25) is 5.91 Å². The lowest BCUT2D eigenvalue weighted by Crippen LogP contribution is -2.42. The lowest BCUT2D eigenvalue weighted by atomic mass is 9.97. The molecule has 5 nitrogen and oxygen atoms in total. The molecule has 0 spiro atoms. The fourth-order valence-electron chi connectivity index (χ4n) is 3.69. The van der Waals surface area contributed by atoms with Crippen molar-refractivity contribution < 1.29 is 9.59 Å². The highest BCUT2D eigenvalue weighted by molar-refractivity contribution is 7.33. The average molecular weight is 402 g/mol. The molecule has 1 aromatic carbocycles. The maximum absolute atomic E-state index is 12.5. The van der Waals surface area contributed by atoms with Gasteiger partial charge in [-0.3, -0.25) is 9.59 Å². The molecule has 2 amide bonds. The molecule has 4 rings (SSSR count). The molecule has 1 aliphatic rings. The molecular weight excluding hydrogens is 378 g/mol. The molecule has 1 atom stereocenters. The van der Waals surface area contributed by atoms with Gasteiger partial charge in [-0.05, 0) is 44.5 Å². The highest BCUT2D eigenvalue weighted by atomic mass is 32.1. The van der Waals surface area contributed by atoms with E-state index in [-0.39, 0.29) is 17.7 Å². The molecule has 2 aromatic heterocycles. The minimum absolute atomic E-state index is 0.00105. The quantitative estimate of drug-likeness (QED) is 0.622. The smallest absolute Gasteiger partial charge is 0.261 e. The summed E-state index contributed by atoms with van der Waals surface area (Å²) in [5, 5.41) is 4.26. The fourth-order valence-corrected chi connectivity index (χ4v) is 6.14. The highest BCUT2D eigenvalue weighted by Gasteiger charge is 2.23. The predicted molar refractivity (Wildman–Crippen MR) is 113 cm³/mol. The zero-order valence-corrected chi connectivity index (χ0v) is 16.7. The molecule has 1 saturated heterocycles. The van der Waals surface area contributed by atoms with Crippen molar-refractivity contribution in [3.8, 4) is 0 Å². The Bertz CT molecular complexity index is 978. The van der Waals surface area contributed by atoms with E-state index in [2.05, 4.69) is 22.3 Å². The average Bonchev–Trinajstić information content (AvgIpc) is 3.23. The van der Waals surface area contributed by atoms with Crippen molar-refractivity contribution in [3.63, 3.8) is 0 Å². The molecule has 0 saturated carbocycles. The lowest BCUT2D eigenvalue weighted by molar-refractivity contribution is -0.123. The maximum atomic E-state index is 12.5. The second-order valence-corrected chi connectivity index (χ2v) is 9.19. The number of rotatable bonds is 6. The molecule has 1 fully saturated rings. The van der Waals surface area contributed by atoms with Crippen molar-refractivity contribution in [1.82, 2.24) is 10.2 Å². The summed E-state index contributed by atoms with van der Waals surface area (Å²) in [7, 11) is 0. The standard InChI is InChI=1S/C20H23N3O2S2/c21-19(24)13-5-3-9-23(12-13)10-4-8-22-20(25)17-11-16-18(27-17)14-6-1-2-7-15(14)26-16/h1-2,6-7,11,13H,3-5,8-10,12H2,(H2,21,24)(H,22,25). The molecule has 1 aliphatic heterocycles. The number of primary amides is 1. The summed E-state index contributed by atoms with van der Waals surface area (Å²) in [4.78, 5) is 26.9. The Kier molecular flexibility index (Phi) is 5.43. The Morgan fingerprint density at radius 1 is 1.22 bits per heavy atom. The first kappa shape index (κ1) is 18.4. The SMILES string of the molecule is NC(=O)C1CCCN(CCCNC(=O)c2cc3sc4ccccc4c3s2)C1. The van der Waals surface area contributed by atoms with Crippen LogP contribution in [-0.2, 0) is 4.79 Å². The lowest BCUT2D eigenvalue weighted by Gasteiger charge is -2.31. The monoisotopic (exact) mass is 401 g/mol. The molecule has 0 bridgehead atoms. The first-order valence-corrected chi connectivity index (χ1v) is 11.0. The van der Waals surface area contributed by atoms with E-state index in [1.54, 1.807) is 22.7 Å². The van der Waals surface area contributed by atoms with E-state index in [0.717, 1.165) is 43.8 Å². The van der Waals surface area contributed by atoms with Crippen LogP contribution in [0.1, 0.15) is 28.9 Å². The van der Waals surface area contributed by atoms with E-state index in [1.165, 1.54) is 19.5 Å². The van der Waals surface area contributed by atoms with E-state index in [4.69, 9.17) is 5.73 Å². The van der Waals surface area contributed by atoms with Gasteiger partial charge < -0.3 is 16.0 Å². The largest absolute Gasteiger partial charge is 0.369 e. The topological polar surface area (TPSA) is 75.4 Å². The van der Waals surface area contributed by atoms with Crippen molar-refractivity contribution in [2.45, 2.75) is 19.3 Å². The second-order valence-electron chi connectivity index (χ2n) is 7.05. The van der Waals surface area contributed by atoms with Gasteiger partial charge in [-0.2, -0.15) is 0 Å². The number of fused-ring (bicyclic) bond motifs is 3. The van der Waals surface area contributed by atoms with Gasteiger partial charge in [0.1, 0.15) is 0 Å². The second kappa shape index (κ2) is 7.96. The number of thiophene rings is 2. The number of carbonyl (C=O) groups excluding carboxylic acids is 2. The Morgan fingerprint density at radius 3 is 2.93 bits per heavy atom. The molecule has 3 N–H and O–H groups in total. The Morgan fingerprint density at radius 2 is 2.07 bits per heavy atom. The Hall–Kier alpha value is -1.96. The maximum Gasteiger partial charge on any atom is 0.261 e. The highest BCUT2D eigenvalue weighted by Crippen LogP contribution is 2.39. The van der Waals surface area contributed by atoms with Crippen LogP contribution in [-0.4, -0.2) is 42.9 Å². The van der Waals surface area contributed by atoms with Gasteiger partial charge >= 0.3 is 0 Å². The summed E-state index contributed by atoms with van der Waals surface area (Å²) in [6.07, 6.45) is 2.78. The summed E-state index contributed by atoms with van der Waals surface area (Å²) < 4.78 is 3.64. The van der Waals surface area contributed by atoms with Crippen LogP contribution in [0.3, 0.4) is 0 Å². The number of hydrogen-bond donors (Lipinski definition) is 2. The Balaban J connectivity index is 1.29. The van der Waals surface area contributed by atoms with Crippen LogP contribution in [0, 0.1) is 5.92 Å². The zero-order chi connectivity index (χ0) is 18.8. The van der Waals surface area contributed by atoms with Gasteiger partial charge in [0.05, 0.1) is 15.5 Å². The van der Waals surface area contributed by atoms with Crippen molar-refractivity contribution in [2.75, 3.05) is 26.2 Å². The summed E-state index contributed by atoms with van der Waals surface area (Å²) in [5.74, 6) is -0.221. The van der Waals surface area contributed by atoms with Gasteiger partial charge in [-0.25, -0.2) is 0 Å². The van der Waals surface area contributed by atoms with E-state index >= 15 is 0 Å². The van der Waals surface area contributed by atoms with Gasteiger partial charge in [0.25, 0.3) is 5.91 Å². The van der Waals surface area contributed by atoms with Crippen LogP contribution >= 0.6 is 22.7 Å². The van der Waals surface area contributed by atoms with Gasteiger partial charge in [0.15, 0.2) is 0 Å². The fraction of sp³-hybridized carbons (Fsp3) is 0.400. The van der Waals surface area contributed by atoms with E-state index in [9.17, 15) is 9.59 Å². The molecule has 0 radical (unpaired) electrons. The molecule has 7 heteroatoms. The third-order valence-corrected chi connectivity index (χ3v) is 7.53. The normalized spacial score (nSPS) is 18.1. The number of hydrogen-bond acceptors (Lipinski definition) is 5. The van der Waals surface area contributed by atoms with Crippen LogP contribution in [0.15, 0.2) is 30.3 Å². The molecule has 3 heterocycles. The Labute approximate surface area is 166 Å². The number of amides is 2. The third kappa shape index (κ3) is 4.00. The van der Waals surface area contributed by atoms with Crippen LogP contribution < -0.4 is 11.1 Å². The van der Waals surface area contributed by atoms with E-state index < -0.39 is 0 Å². The number of nitrogens with one attached hydrogen (secondary N) is 1. The number of benzene rings is 1. The molecular formula is C20H23N3O2S2.